The van der Waals surface area contributed by atoms with Crippen LogP contribution in [0, 0.1) is 0 Å². The number of primary amides is 1. The number of amides is 1. The van der Waals surface area contributed by atoms with Gasteiger partial charge in [-0.25, -0.2) is 4.98 Å². The van der Waals surface area contributed by atoms with Gasteiger partial charge in [0.15, 0.2) is 0 Å². The van der Waals surface area contributed by atoms with Crippen molar-refractivity contribution in [3.05, 3.63) is 23.2 Å². The summed E-state index contributed by atoms with van der Waals surface area (Å²) in [6.45, 7) is 2.58. The van der Waals surface area contributed by atoms with Gasteiger partial charge in [0, 0.05) is 0 Å². The maximum atomic E-state index is 10.8. The van der Waals surface area contributed by atoms with Gasteiger partial charge >= 0.3 is 0 Å². The summed E-state index contributed by atoms with van der Waals surface area (Å²) in [5.41, 5.74) is 6.01. The highest BCUT2D eigenvalue weighted by Crippen LogP contribution is 2.26. The molecule has 0 aliphatic rings. The molecule has 0 unspecified atom stereocenters. The Labute approximate surface area is 97.0 Å². The number of hydrogen-bond donors (Lipinski definition) is 1. The topological polar surface area (TPSA) is 65.2 Å². The fraction of sp³-hybridized carbons (Fsp3) is 0.273. The van der Waals surface area contributed by atoms with Gasteiger partial charge in [-0.2, -0.15) is 0 Å². The Morgan fingerprint density at radius 1 is 1.56 bits per heavy atom. The summed E-state index contributed by atoms with van der Waals surface area (Å²) in [6, 6.07) is 5.70. The molecular formula is C11H12N2O2S. The maximum absolute atomic E-state index is 10.8. The van der Waals surface area contributed by atoms with Gasteiger partial charge in [-0.3, -0.25) is 4.79 Å². The molecule has 2 N–H and O–H groups in total. The van der Waals surface area contributed by atoms with E-state index in [1.807, 2.05) is 25.1 Å². The van der Waals surface area contributed by atoms with Crippen molar-refractivity contribution in [1.29, 1.82) is 0 Å². The summed E-state index contributed by atoms with van der Waals surface area (Å²) in [5, 5.41) is 0.746. The molecule has 84 valence electrons. The third-order valence-electron chi connectivity index (χ3n) is 2.04. The molecule has 0 spiro atoms. The molecule has 1 amide bonds. The number of thiazole rings is 1. The predicted octanol–water partition coefficient (Wildman–Crippen LogP) is 1.72. The van der Waals surface area contributed by atoms with Crippen molar-refractivity contribution in [2.45, 2.75) is 13.3 Å². The van der Waals surface area contributed by atoms with Crippen molar-refractivity contribution in [3.8, 4) is 5.75 Å². The van der Waals surface area contributed by atoms with Gasteiger partial charge in [0.05, 0.1) is 23.2 Å². The maximum Gasteiger partial charge on any atom is 0.224 e. The van der Waals surface area contributed by atoms with E-state index in [1.165, 1.54) is 11.3 Å². The molecule has 0 bridgehead atoms. The lowest BCUT2D eigenvalue weighted by Crippen LogP contribution is -2.13. The highest BCUT2D eigenvalue weighted by molar-refractivity contribution is 7.18. The van der Waals surface area contributed by atoms with E-state index in [-0.39, 0.29) is 12.3 Å². The summed E-state index contributed by atoms with van der Waals surface area (Å²) >= 11 is 1.47. The number of rotatable bonds is 4. The standard InChI is InChI=1S/C11H12N2O2S/c1-2-15-7-3-4-8-9(5-7)16-11(13-8)6-10(12)14/h3-5H,2,6H2,1H3,(H2,12,14). The summed E-state index contributed by atoms with van der Waals surface area (Å²) in [7, 11) is 0. The monoisotopic (exact) mass is 236 g/mol. The zero-order valence-corrected chi connectivity index (χ0v) is 9.71. The second-order valence-corrected chi connectivity index (χ2v) is 4.43. The molecule has 2 aromatic rings. The first-order chi connectivity index (χ1) is 7.69. The van der Waals surface area contributed by atoms with E-state index in [4.69, 9.17) is 10.5 Å². The number of fused-ring (bicyclic) bond motifs is 1. The summed E-state index contributed by atoms with van der Waals surface area (Å²) in [4.78, 5) is 15.1. The van der Waals surface area contributed by atoms with Crippen LogP contribution in [0.1, 0.15) is 11.9 Å². The van der Waals surface area contributed by atoms with Crippen LogP contribution in [0.2, 0.25) is 0 Å². The average Bonchev–Trinajstić information content (AvgIpc) is 2.58. The van der Waals surface area contributed by atoms with Crippen LogP contribution in [0.25, 0.3) is 10.2 Å². The summed E-state index contributed by atoms with van der Waals surface area (Å²) in [6.07, 6.45) is 0.198. The highest BCUT2D eigenvalue weighted by Gasteiger charge is 2.07. The predicted molar refractivity (Wildman–Crippen MR) is 63.7 cm³/mol. The van der Waals surface area contributed by atoms with Crippen molar-refractivity contribution >= 4 is 27.5 Å². The molecule has 0 atom stereocenters. The zero-order chi connectivity index (χ0) is 11.5. The molecule has 1 heterocycles. The fourth-order valence-corrected chi connectivity index (χ4v) is 2.44. The third kappa shape index (κ3) is 2.30. The van der Waals surface area contributed by atoms with Crippen LogP contribution in [0.3, 0.4) is 0 Å². The fourth-order valence-electron chi connectivity index (χ4n) is 1.43. The van der Waals surface area contributed by atoms with Crippen molar-refractivity contribution < 1.29 is 9.53 Å². The van der Waals surface area contributed by atoms with Crippen LogP contribution >= 0.6 is 11.3 Å². The van der Waals surface area contributed by atoms with E-state index in [9.17, 15) is 4.79 Å². The second kappa shape index (κ2) is 4.49. The van der Waals surface area contributed by atoms with Gasteiger partial charge in [-0.15, -0.1) is 11.3 Å². The molecule has 0 radical (unpaired) electrons. The Morgan fingerprint density at radius 2 is 2.38 bits per heavy atom. The van der Waals surface area contributed by atoms with Crippen molar-refractivity contribution in [1.82, 2.24) is 4.98 Å². The average molecular weight is 236 g/mol. The van der Waals surface area contributed by atoms with Crippen LogP contribution in [0.5, 0.6) is 5.75 Å². The van der Waals surface area contributed by atoms with Crippen LogP contribution in [-0.4, -0.2) is 17.5 Å². The molecular weight excluding hydrogens is 224 g/mol. The van der Waals surface area contributed by atoms with Crippen LogP contribution < -0.4 is 10.5 Å². The second-order valence-electron chi connectivity index (χ2n) is 3.31. The van der Waals surface area contributed by atoms with Crippen molar-refractivity contribution in [2.75, 3.05) is 6.61 Å². The van der Waals surface area contributed by atoms with Crippen molar-refractivity contribution in [2.24, 2.45) is 5.73 Å². The molecule has 5 heteroatoms. The van der Waals surface area contributed by atoms with Gasteiger partial charge in [-0.1, -0.05) is 0 Å². The minimum atomic E-state index is -0.357. The number of benzene rings is 1. The summed E-state index contributed by atoms with van der Waals surface area (Å²) in [5.74, 6) is 0.466. The number of nitrogens with two attached hydrogens (primary N) is 1. The number of aromatic nitrogens is 1. The minimum Gasteiger partial charge on any atom is -0.494 e. The number of nitrogens with zero attached hydrogens (tertiary/aromatic N) is 1. The van der Waals surface area contributed by atoms with E-state index < -0.39 is 0 Å². The molecule has 0 saturated heterocycles. The van der Waals surface area contributed by atoms with E-state index in [0.717, 1.165) is 21.0 Å². The Balaban J connectivity index is 2.34. The molecule has 0 fully saturated rings. The van der Waals surface area contributed by atoms with Gasteiger partial charge in [0.2, 0.25) is 5.91 Å². The minimum absolute atomic E-state index is 0.198. The van der Waals surface area contributed by atoms with E-state index in [0.29, 0.717) is 6.61 Å². The third-order valence-corrected chi connectivity index (χ3v) is 3.06. The lowest BCUT2D eigenvalue weighted by molar-refractivity contribution is -0.117. The largest absolute Gasteiger partial charge is 0.494 e. The summed E-state index contributed by atoms with van der Waals surface area (Å²) < 4.78 is 6.41. The Morgan fingerprint density at radius 3 is 3.06 bits per heavy atom. The van der Waals surface area contributed by atoms with Crippen LogP contribution in [0.4, 0.5) is 0 Å². The molecule has 0 aliphatic heterocycles. The van der Waals surface area contributed by atoms with E-state index in [2.05, 4.69) is 4.98 Å². The van der Waals surface area contributed by atoms with Gasteiger partial charge in [0.1, 0.15) is 10.8 Å². The molecule has 2 rings (SSSR count). The quantitative estimate of drug-likeness (QED) is 0.879. The highest BCUT2D eigenvalue weighted by atomic mass is 32.1. The molecule has 1 aromatic carbocycles. The van der Waals surface area contributed by atoms with Gasteiger partial charge in [-0.05, 0) is 25.1 Å². The molecule has 16 heavy (non-hydrogen) atoms. The normalized spacial score (nSPS) is 10.6. The zero-order valence-electron chi connectivity index (χ0n) is 8.90. The lowest BCUT2D eigenvalue weighted by Gasteiger charge is -2.00. The first-order valence-electron chi connectivity index (χ1n) is 4.99. The number of carbonyl (C=O) groups is 1. The SMILES string of the molecule is CCOc1ccc2nc(CC(N)=O)sc2c1. The first kappa shape index (κ1) is 10.9. The van der Waals surface area contributed by atoms with E-state index in [1.54, 1.807) is 0 Å². The Kier molecular flexibility index (Phi) is 3.05. The molecule has 0 aliphatic carbocycles. The molecule has 1 aromatic heterocycles. The number of carbonyl (C=O) groups excluding carboxylic acids is 1. The Bertz CT molecular complexity index is 522. The Hall–Kier alpha value is -1.62. The van der Waals surface area contributed by atoms with Crippen LogP contribution in [0.15, 0.2) is 18.2 Å². The number of hydrogen-bond acceptors (Lipinski definition) is 4. The first-order valence-corrected chi connectivity index (χ1v) is 5.81. The van der Waals surface area contributed by atoms with Crippen molar-refractivity contribution in [3.63, 3.8) is 0 Å². The lowest BCUT2D eigenvalue weighted by atomic mass is 10.3. The van der Waals surface area contributed by atoms with Crippen LogP contribution in [-0.2, 0) is 11.2 Å². The molecule has 0 saturated carbocycles. The van der Waals surface area contributed by atoms with Gasteiger partial charge < -0.3 is 10.5 Å². The molecule has 4 nitrogen and oxygen atoms in total. The van der Waals surface area contributed by atoms with E-state index >= 15 is 0 Å². The number of ether oxygens (including phenoxy) is 1. The van der Waals surface area contributed by atoms with Gasteiger partial charge in [0.25, 0.3) is 0 Å². The smallest absolute Gasteiger partial charge is 0.224 e.